The van der Waals surface area contributed by atoms with Gasteiger partial charge in [0, 0.05) is 29.4 Å². The molecule has 5 nitrogen and oxygen atoms in total. The summed E-state index contributed by atoms with van der Waals surface area (Å²) in [5.41, 5.74) is 3.58. The lowest BCUT2D eigenvalue weighted by Crippen LogP contribution is -2.30. The number of hydrogen-bond acceptors (Lipinski definition) is 3. The van der Waals surface area contributed by atoms with E-state index in [0.29, 0.717) is 23.4 Å². The van der Waals surface area contributed by atoms with Crippen LogP contribution in [0.3, 0.4) is 0 Å². The Morgan fingerprint density at radius 2 is 2.00 bits per heavy atom. The summed E-state index contributed by atoms with van der Waals surface area (Å²) in [5.74, 6) is 0.108. The molecular formula is C20H17N3O2. The minimum atomic E-state index is -0.268. The number of nitrogens with zero attached hydrogens (tertiary/aromatic N) is 2. The number of nitrogens with one attached hydrogen (secondary N) is 1. The van der Waals surface area contributed by atoms with Crippen LogP contribution in [0.2, 0.25) is 0 Å². The molecule has 25 heavy (non-hydrogen) atoms. The number of carbonyl (C=O) groups excluding carboxylic acids is 2. The van der Waals surface area contributed by atoms with E-state index in [2.05, 4.69) is 5.32 Å². The molecule has 1 fully saturated rings. The number of fused-ring (bicyclic) bond motifs is 1. The van der Waals surface area contributed by atoms with E-state index >= 15 is 0 Å². The quantitative estimate of drug-likeness (QED) is 0.939. The fourth-order valence-corrected chi connectivity index (χ4v) is 3.17. The van der Waals surface area contributed by atoms with E-state index in [1.807, 2.05) is 29.2 Å². The Morgan fingerprint density at radius 3 is 2.76 bits per heavy atom. The molecule has 1 aliphatic heterocycles. The molecule has 0 atom stereocenters. The molecule has 1 saturated carbocycles. The van der Waals surface area contributed by atoms with Gasteiger partial charge in [-0.3, -0.25) is 9.59 Å². The zero-order valence-electron chi connectivity index (χ0n) is 13.7. The molecule has 2 aromatic rings. The van der Waals surface area contributed by atoms with Gasteiger partial charge in [0.2, 0.25) is 5.91 Å². The summed E-state index contributed by atoms with van der Waals surface area (Å²) in [5, 5.41) is 11.8. The molecule has 4 rings (SSSR count). The summed E-state index contributed by atoms with van der Waals surface area (Å²) in [6, 6.07) is 14.3. The summed E-state index contributed by atoms with van der Waals surface area (Å²) < 4.78 is 0. The molecule has 1 heterocycles. The lowest BCUT2D eigenvalue weighted by atomic mass is 10.1. The van der Waals surface area contributed by atoms with Crippen LogP contribution in [0.25, 0.3) is 0 Å². The smallest absolute Gasteiger partial charge is 0.255 e. The monoisotopic (exact) mass is 331 g/mol. The van der Waals surface area contributed by atoms with Gasteiger partial charge in [-0.25, -0.2) is 0 Å². The molecule has 0 unspecified atom stereocenters. The number of carbonyl (C=O) groups is 2. The van der Waals surface area contributed by atoms with Crippen LogP contribution < -0.4 is 10.2 Å². The van der Waals surface area contributed by atoms with Crippen molar-refractivity contribution >= 4 is 23.2 Å². The molecule has 0 aromatic heterocycles. The first-order valence-electron chi connectivity index (χ1n) is 8.41. The largest absolute Gasteiger partial charge is 0.322 e. The maximum atomic E-state index is 12.4. The summed E-state index contributed by atoms with van der Waals surface area (Å²) in [6.07, 6.45) is 2.82. The normalized spacial score (nSPS) is 15.4. The predicted octanol–water partition coefficient (Wildman–Crippen LogP) is 3.11. The number of rotatable bonds is 3. The Labute approximate surface area is 145 Å². The van der Waals surface area contributed by atoms with Crippen molar-refractivity contribution in [2.75, 3.05) is 16.8 Å². The van der Waals surface area contributed by atoms with E-state index in [9.17, 15) is 9.59 Å². The Kier molecular flexibility index (Phi) is 3.73. The highest BCUT2D eigenvalue weighted by molar-refractivity contribution is 6.05. The van der Waals surface area contributed by atoms with Crippen molar-refractivity contribution in [3.05, 3.63) is 59.2 Å². The standard InChI is InChI=1S/C20H17N3O2/c21-12-13-2-1-3-16(10-13)19(24)22-17-7-6-14-8-9-23(18(14)11-17)20(25)15-4-5-15/h1-3,6-7,10-11,15H,4-5,8-9H2,(H,22,24). The minimum absolute atomic E-state index is 0.179. The SMILES string of the molecule is N#Cc1cccc(C(=O)Nc2ccc3c(c2)N(C(=O)C2CC2)CC3)c1. The van der Waals surface area contributed by atoms with Gasteiger partial charge in [-0.05, 0) is 55.2 Å². The second-order valence-electron chi connectivity index (χ2n) is 6.50. The third-order valence-corrected chi connectivity index (χ3v) is 4.69. The van der Waals surface area contributed by atoms with Crippen LogP contribution in [0.5, 0.6) is 0 Å². The van der Waals surface area contributed by atoms with Gasteiger partial charge in [-0.15, -0.1) is 0 Å². The van der Waals surface area contributed by atoms with Crippen LogP contribution in [0, 0.1) is 17.2 Å². The zero-order chi connectivity index (χ0) is 17.4. The molecule has 1 aliphatic carbocycles. The molecule has 2 aliphatic rings. The molecule has 5 heteroatoms. The summed E-state index contributed by atoms with van der Waals surface area (Å²) in [4.78, 5) is 26.7. The van der Waals surface area contributed by atoms with Gasteiger partial charge in [-0.1, -0.05) is 12.1 Å². The maximum absolute atomic E-state index is 12.4. The predicted molar refractivity (Wildman–Crippen MR) is 94.3 cm³/mol. The van der Waals surface area contributed by atoms with Crippen LogP contribution in [0.15, 0.2) is 42.5 Å². The number of benzene rings is 2. The molecule has 0 spiro atoms. The van der Waals surface area contributed by atoms with E-state index in [0.717, 1.165) is 30.5 Å². The summed E-state index contributed by atoms with van der Waals surface area (Å²) in [7, 11) is 0. The first-order valence-corrected chi connectivity index (χ1v) is 8.41. The van der Waals surface area contributed by atoms with Crippen molar-refractivity contribution in [3.8, 4) is 6.07 Å². The molecule has 1 N–H and O–H groups in total. The Morgan fingerprint density at radius 1 is 1.16 bits per heavy atom. The highest BCUT2D eigenvalue weighted by atomic mass is 16.2. The van der Waals surface area contributed by atoms with Crippen molar-refractivity contribution in [1.82, 2.24) is 0 Å². The van der Waals surface area contributed by atoms with E-state index < -0.39 is 0 Å². The minimum Gasteiger partial charge on any atom is -0.322 e. The first kappa shape index (κ1) is 15.4. The Hall–Kier alpha value is -3.13. The van der Waals surface area contributed by atoms with Gasteiger partial charge in [-0.2, -0.15) is 5.26 Å². The number of amides is 2. The van der Waals surface area contributed by atoms with Crippen LogP contribution >= 0.6 is 0 Å². The van der Waals surface area contributed by atoms with Gasteiger partial charge in [0.15, 0.2) is 0 Å². The lowest BCUT2D eigenvalue weighted by molar-refractivity contribution is -0.119. The van der Waals surface area contributed by atoms with Crippen molar-refractivity contribution < 1.29 is 9.59 Å². The van der Waals surface area contributed by atoms with Crippen molar-refractivity contribution in [2.24, 2.45) is 5.92 Å². The molecule has 124 valence electrons. The van der Waals surface area contributed by atoms with Crippen LogP contribution in [-0.2, 0) is 11.2 Å². The lowest BCUT2D eigenvalue weighted by Gasteiger charge is -2.18. The van der Waals surface area contributed by atoms with Crippen molar-refractivity contribution in [1.29, 1.82) is 5.26 Å². The summed E-state index contributed by atoms with van der Waals surface area (Å²) in [6.45, 7) is 0.715. The highest BCUT2D eigenvalue weighted by Crippen LogP contribution is 2.37. The zero-order valence-corrected chi connectivity index (χ0v) is 13.7. The topological polar surface area (TPSA) is 73.2 Å². The summed E-state index contributed by atoms with van der Waals surface area (Å²) >= 11 is 0. The fourth-order valence-electron chi connectivity index (χ4n) is 3.17. The molecular weight excluding hydrogens is 314 g/mol. The van der Waals surface area contributed by atoms with Crippen LogP contribution in [-0.4, -0.2) is 18.4 Å². The first-order chi connectivity index (χ1) is 12.2. The van der Waals surface area contributed by atoms with Gasteiger partial charge < -0.3 is 10.2 Å². The van der Waals surface area contributed by atoms with E-state index in [1.165, 1.54) is 0 Å². The molecule has 0 radical (unpaired) electrons. The third-order valence-electron chi connectivity index (χ3n) is 4.69. The molecule has 0 saturated heterocycles. The highest BCUT2D eigenvalue weighted by Gasteiger charge is 2.36. The van der Waals surface area contributed by atoms with Gasteiger partial charge in [0.05, 0.1) is 11.6 Å². The molecule has 0 bridgehead atoms. The Bertz CT molecular complexity index is 909. The number of nitriles is 1. The average molecular weight is 331 g/mol. The second kappa shape index (κ2) is 6.06. The molecule has 2 aromatic carbocycles. The molecule has 2 amide bonds. The van der Waals surface area contributed by atoms with Crippen LogP contribution in [0.4, 0.5) is 11.4 Å². The van der Waals surface area contributed by atoms with Gasteiger partial charge in [0.1, 0.15) is 0 Å². The third kappa shape index (κ3) is 2.99. The van der Waals surface area contributed by atoms with Crippen LogP contribution in [0.1, 0.15) is 34.3 Å². The van der Waals surface area contributed by atoms with E-state index in [1.54, 1.807) is 24.3 Å². The average Bonchev–Trinajstić information content (AvgIpc) is 3.41. The van der Waals surface area contributed by atoms with Gasteiger partial charge >= 0.3 is 0 Å². The Balaban J connectivity index is 1.55. The van der Waals surface area contributed by atoms with Crippen molar-refractivity contribution in [3.63, 3.8) is 0 Å². The number of anilines is 2. The van der Waals surface area contributed by atoms with Crippen molar-refractivity contribution in [2.45, 2.75) is 19.3 Å². The van der Waals surface area contributed by atoms with E-state index in [-0.39, 0.29) is 17.7 Å². The maximum Gasteiger partial charge on any atom is 0.255 e. The fraction of sp³-hybridized carbons (Fsp3) is 0.250. The second-order valence-corrected chi connectivity index (χ2v) is 6.50. The number of hydrogen-bond donors (Lipinski definition) is 1. The van der Waals surface area contributed by atoms with Gasteiger partial charge in [0.25, 0.3) is 5.91 Å². The van der Waals surface area contributed by atoms with E-state index in [4.69, 9.17) is 5.26 Å².